The minimum Gasteiger partial charge on any atom is -0.408 e. The normalized spacial score (nSPS) is 25.5. The van der Waals surface area contributed by atoms with Crippen molar-refractivity contribution in [3.8, 4) is 0 Å². The average Bonchev–Trinajstić information content (AvgIpc) is 2.95. The Bertz CT molecular complexity index is 631. The summed E-state index contributed by atoms with van der Waals surface area (Å²) < 4.78 is 24.1. The fourth-order valence-corrected chi connectivity index (χ4v) is 4.19. The number of ether oxygens (including phenoxy) is 3. The molecule has 0 unspecified atom stereocenters. The number of hydrogen-bond donors (Lipinski definition) is 1. The van der Waals surface area contributed by atoms with Gasteiger partial charge in [-0.1, -0.05) is 20.8 Å². The van der Waals surface area contributed by atoms with Gasteiger partial charge in [0.15, 0.2) is 20.3 Å². The number of hydrogen-bond acceptors (Lipinski definition) is 7. The Hall–Kier alpha value is -1.10. The van der Waals surface area contributed by atoms with Crippen LogP contribution >= 0.6 is 0 Å². The minimum atomic E-state index is -2.18. The van der Waals surface area contributed by atoms with Crippen LogP contribution in [-0.4, -0.2) is 76.3 Å². The molecule has 0 aliphatic carbocycles. The monoisotopic (exact) mass is 444 g/mol. The van der Waals surface area contributed by atoms with Crippen LogP contribution in [0.25, 0.3) is 0 Å². The molecule has 4 atom stereocenters. The third kappa shape index (κ3) is 6.70. The van der Waals surface area contributed by atoms with Crippen LogP contribution in [0.5, 0.6) is 0 Å². The Labute approximate surface area is 182 Å². The van der Waals surface area contributed by atoms with Crippen LogP contribution in [0.4, 0.5) is 0 Å². The van der Waals surface area contributed by atoms with Gasteiger partial charge in [-0.25, -0.2) is 0 Å². The van der Waals surface area contributed by atoms with Crippen molar-refractivity contribution in [1.29, 1.82) is 0 Å². The zero-order chi connectivity index (χ0) is 23.3. The number of amides is 1. The molecule has 0 bridgehead atoms. The van der Waals surface area contributed by atoms with Crippen LogP contribution in [0, 0.1) is 0 Å². The first-order valence-corrected chi connectivity index (χ1v) is 13.3. The molecule has 1 aliphatic rings. The molecule has 9 heteroatoms. The Morgan fingerprint density at radius 2 is 1.73 bits per heavy atom. The number of methoxy groups -OCH3 is 1. The van der Waals surface area contributed by atoms with Crippen LogP contribution in [0.15, 0.2) is 11.8 Å². The molecule has 1 saturated heterocycles. The highest BCUT2D eigenvalue weighted by Gasteiger charge is 2.52. The molecule has 1 amide bonds. The van der Waals surface area contributed by atoms with Gasteiger partial charge in [-0.15, -0.1) is 0 Å². The second kappa shape index (κ2) is 11.0. The van der Waals surface area contributed by atoms with Gasteiger partial charge in [0.25, 0.3) is 0 Å². The number of carbonyl (C=O) groups excluding carboxylic acids is 2. The van der Waals surface area contributed by atoms with Crippen molar-refractivity contribution in [2.24, 2.45) is 5.73 Å². The van der Waals surface area contributed by atoms with Gasteiger partial charge in [-0.2, -0.15) is 0 Å². The Balaban J connectivity index is 3.34. The van der Waals surface area contributed by atoms with Crippen LogP contribution in [0.1, 0.15) is 41.5 Å². The maximum atomic E-state index is 12.5. The van der Waals surface area contributed by atoms with Crippen molar-refractivity contribution in [3.63, 3.8) is 0 Å². The topological polar surface area (TPSA) is 100 Å². The van der Waals surface area contributed by atoms with Gasteiger partial charge in [-0.3, -0.25) is 14.5 Å². The van der Waals surface area contributed by atoms with Gasteiger partial charge in [-0.05, 0) is 32.0 Å². The van der Waals surface area contributed by atoms with Crippen LogP contribution in [-0.2, 0) is 28.2 Å². The molecule has 1 fully saturated rings. The summed E-state index contributed by atoms with van der Waals surface area (Å²) in [4.78, 5) is 25.6. The molecule has 2 N–H and O–H groups in total. The van der Waals surface area contributed by atoms with Crippen molar-refractivity contribution < 1.29 is 28.2 Å². The van der Waals surface area contributed by atoms with E-state index in [-0.39, 0.29) is 23.3 Å². The van der Waals surface area contributed by atoms with Crippen LogP contribution in [0.2, 0.25) is 18.1 Å². The Kier molecular flexibility index (Phi) is 9.85. The highest BCUT2D eigenvalue weighted by atomic mass is 28.4. The molecule has 0 radical (unpaired) electrons. The Morgan fingerprint density at radius 3 is 2.17 bits per heavy atom. The molecule has 8 nitrogen and oxygen atoms in total. The first-order valence-electron chi connectivity index (χ1n) is 10.4. The highest BCUT2D eigenvalue weighted by Crippen LogP contribution is 2.40. The third-order valence-electron chi connectivity index (χ3n) is 5.88. The van der Waals surface area contributed by atoms with Gasteiger partial charge in [0, 0.05) is 32.4 Å². The maximum absolute atomic E-state index is 12.5. The SMILES string of the molecule is COCCO[C@@H]1[C@H](O[Si](C)(C)C(C)(C)C)[C@@H](CN)O[C@H]1N(/C=C(/C)C(C)=O)C(C)=O. The summed E-state index contributed by atoms with van der Waals surface area (Å²) in [5.41, 5.74) is 6.46. The lowest BCUT2D eigenvalue weighted by Crippen LogP contribution is -2.52. The fraction of sp³-hybridized carbons (Fsp3) is 0.810. The summed E-state index contributed by atoms with van der Waals surface area (Å²) in [6.07, 6.45) is -0.681. The molecular formula is C21H40N2O6Si. The van der Waals surface area contributed by atoms with Gasteiger partial charge in [0.2, 0.25) is 5.91 Å². The number of Topliss-reactive ketones (excluding diaryl/α,β-unsaturated/α-hetero) is 1. The maximum Gasteiger partial charge on any atom is 0.225 e. The molecule has 1 aliphatic heterocycles. The van der Waals surface area contributed by atoms with Crippen molar-refractivity contribution >= 4 is 20.0 Å². The van der Waals surface area contributed by atoms with E-state index < -0.39 is 32.9 Å². The molecule has 0 aromatic carbocycles. The molecule has 0 saturated carbocycles. The molecule has 0 aromatic rings. The standard InChI is InChI=1S/C21H40N2O6Si/c1-14(15(2)24)13-23(16(3)25)20-19(27-11-10-26-7)18(17(12-22)28-20)29-30(8,9)21(4,5)6/h13,17-20H,10-12,22H2,1-9H3/b14-13-/t17-,18-,19-,20-/m1/s1. The number of nitrogens with zero attached hydrogens (tertiary/aromatic N) is 1. The summed E-state index contributed by atoms with van der Waals surface area (Å²) in [7, 11) is -0.582. The van der Waals surface area contributed by atoms with E-state index in [9.17, 15) is 9.59 Å². The third-order valence-corrected chi connectivity index (χ3v) is 10.4. The van der Waals surface area contributed by atoms with Gasteiger partial charge < -0.3 is 24.4 Å². The van der Waals surface area contributed by atoms with Gasteiger partial charge >= 0.3 is 0 Å². The summed E-state index contributed by atoms with van der Waals surface area (Å²) in [6.45, 7) is 16.3. The number of nitrogens with two attached hydrogens (primary N) is 1. The Morgan fingerprint density at radius 1 is 1.13 bits per heavy atom. The van der Waals surface area contributed by atoms with Crippen molar-refractivity contribution in [3.05, 3.63) is 11.8 Å². The first-order chi connectivity index (χ1) is 13.8. The minimum absolute atomic E-state index is 0.0211. The average molecular weight is 445 g/mol. The lowest BCUT2D eigenvalue weighted by Gasteiger charge is -2.40. The zero-order valence-electron chi connectivity index (χ0n) is 20.0. The largest absolute Gasteiger partial charge is 0.408 e. The van der Waals surface area contributed by atoms with E-state index in [0.717, 1.165) is 0 Å². The lowest BCUT2D eigenvalue weighted by atomic mass is 10.1. The van der Waals surface area contributed by atoms with E-state index in [1.807, 2.05) is 0 Å². The van der Waals surface area contributed by atoms with E-state index in [1.54, 1.807) is 14.0 Å². The lowest BCUT2D eigenvalue weighted by molar-refractivity contribution is -0.146. The molecule has 0 aromatic heterocycles. The van der Waals surface area contributed by atoms with Gasteiger partial charge in [0.1, 0.15) is 18.3 Å². The number of rotatable bonds is 10. The molecule has 1 rings (SSSR count). The molecule has 174 valence electrons. The second-order valence-corrected chi connectivity index (χ2v) is 14.0. The van der Waals surface area contributed by atoms with Crippen LogP contribution in [0.3, 0.4) is 0 Å². The molecular weight excluding hydrogens is 404 g/mol. The van der Waals surface area contributed by atoms with E-state index in [1.165, 1.54) is 24.9 Å². The molecule has 1 heterocycles. The smallest absolute Gasteiger partial charge is 0.225 e. The van der Waals surface area contributed by atoms with Crippen molar-refractivity contribution in [2.45, 2.75) is 84.2 Å². The summed E-state index contributed by atoms with van der Waals surface area (Å²) in [6, 6.07) is 0. The number of carbonyl (C=O) groups is 2. The summed E-state index contributed by atoms with van der Waals surface area (Å²) in [5.74, 6) is -0.384. The van der Waals surface area contributed by atoms with E-state index in [0.29, 0.717) is 18.8 Å². The van der Waals surface area contributed by atoms with Gasteiger partial charge in [0.05, 0.1) is 13.2 Å². The number of allylic oxidation sites excluding steroid dienone is 1. The quantitative estimate of drug-likeness (QED) is 0.314. The molecule has 0 spiro atoms. The van der Waals surface area contributed by atoms with E-state index >= 15 is 0 Å². The van der Waals surface area contributed by atoms with Crippen LogP contribution < -0.4 is 5.73 Å². The number of ketones is 1. The zero-order valence-corrected chi connectivity index (χ0v) is 21.0. The fourth-order valence-electron chi connectivity index (χ4n) is 2.87. The molecule has 30 heavy (non-hydrogen) atoms. The summed E-state index contributed by atoms with van der Waals surface area (Å²) in [5, 5.41) is -0.0211. The summed E-state index contributed by atoms with van der Waals surface area (Å²) >= 11 is 0. The predicted molar refractivity (Wildman–Crippen MR) is 118 cm³/mol. The van der Waals surface area contributed by atoms with Crippen molar-refractivity contribution in [1.82, 2.24) is 4.90 Å². The van der Waals surface area contributed by atoms with Crippen molar-refractivity contribution in [2.75, 3.05) is 26.9 Å². The highest BCUT2D eigenvalue weighted by molar-refractivity contribution is 6.74. The predicted octanol–water partition coefficient (Wildman–Crippen LogP) is 2.43. The first kappa shape index (κ1) is 26.9. The van der Waals surface area contributed by atoms with E-state index in [4.69, 9.17) is 24.4 Å². The van der Waals surface area contributed by atoms with E-state index in [2.05, 4.69) is 33.9 Å². The second-order valence-electron chi connectivity index (χ2n) is 9.27.